The maximum absolute atomic E-state index is 14.1. The van der Waals surface area contributed by atoms with Crippen LogP contribution in [0.4, 0.5) is 0 Å². The van der Waals surface area contributed by atoms with Crippen molar-refractivity contribution in [3.63, 3.8) is 0 Å². The summed E-state index contributed by atoms with van der Waals surface area (Å²) in [6.07, 6.45) is 1.99. The first-order chi connectivity index (χ1) is 19.4. The van der Waals surface area contributed by atoms with E-state index >= 15 is 0 Å². The summed E-state index contributed by atoms with van der Waals surface area (Å²) < 4.78 is 40.4. The SMILES string of the molecule is CCOC(=O)[C@H](Cc1ccc(OC2CCN(C)CC2)cc1)N(C(=O)[C@H]1NC(C)(C)CS1)S(=O)(=O)c1ccc(C)cc1. The van der Waals surface area contributed by atoms with Crippen molar-refractivity contribution in [2.75, 3.05) is 32.5 Å². The number of likely N-dealkylation sites (tertiary alicyclic amines) is 1. The predicted molar refractivity (Wildman–Crippen MR) is 160 cm³/mol. The van der Waals surface area contributed by atoms with Crippen LogP contribution in [0.5, 0.6) is 5.75 Å². The summed E-state index contributed by atoms with van der Waals surface area (Å²) in [6.45, 7) is 9.41. The van der Waals surface area contributed by atoms with Crippen molar-refractivity contribution in [1.82, 2.24) is 14.5 Å². The lowest BCUT2D eigenvalue weighted by Crippen LogP contribution is -2.56. The minimum atomic E-state index is -4.41. The molecule has 2 fully saturated rings. The molecule has 0 radical (unpaired) electrons. The van der Waals surface area contributed by atoms with Gasteiger partial charge in [-0.15, -0.1) is 11.8 Å². The van der Waals surface area contributed by atoms with E-state index in [1.54, 1.807) is 19.1 Å². The lowest BCUT2D eigenvalue weighted by atomic mass is 10.0. The number of rotatable bonds is 10. The van der Waals surface area contributed by atoms with Gasteiger partial charge in [-0.1, -0.05) is 29.8 Å². The van der Waals surface area contributed by atoms with Crippen LogP contribution in [0.1, 0.15) is 44.7 Å². The molecule has 9 nitrogen and oxygen atoms in total. The third-order valence-corrected chi connectivity index (χ3v) is 10.7. The highest BCUT2D eigenvalue weighted by molar-refractivity contribution is 8.01. The van der Waals surface area contributed by atoms with Crippen molar-refractivity contribution in [2.45, 2.75) is 74.9 Å². The number of aryl methyl sites for hydroxylation is 1. The number of carbonyl (C=O) groups excluding carboxylic acids is 2. The second-order valence-corrected chi connectivity index (χ2v) is 14.3. The highest BCUT2D eigenvalue weighted by Gasteiger charge is 2.46. The molecule has 2 saturated heterocycles. The van der Waals surface area contributed by atoms with Gasteiger partial charge in [0, 0.05) is 30.8 Å². The number of sulfonamides is 1. The van der Waals surface area contributed by atoms with E-state index < -0.39 is 33.3 Å². The normalized spacial score (nSPS) is 20.4. The molecule has 11 heteroatoms. The Morgan fingerprint density at radius 2 is 1.73 bits per heavy atom. The van der Waals surface area contributed by atoms with Gasteiger partial charge in [0.1, 0.15) is 23.3 Å². The van der Waals surface area contributed by atoms with Crippen molar-refractivity contribution in [2.24, 2.45) is 0 Å². The molecule has 2 aromatic carbocycles. The van der Waals surface area contributed by atoms with Crippen molar-refractivity contribution >= 4 is 33.7 Å². The maximum atomic E-state index is 14.1. The monoisotopic (exact) mass is 603 g/mol. The van der Waals surface area contributed by atoms with Gasteiger partial charge in [0.25, 0.3) is 15.9 Å². The Hall–Kier alpha value is -2.60. The average molecular weight is 604 g/mol. The molecule has 0 bridgehead atoms. The number of carbonyl (C=O) groups is 2. The van der Waals surface area contributed by atoms with E-state index in [0.29, 0.717) is 17.1 Å². The molecule has 4 rings (SSSR count). The van der Waals surface area contributed by atoms with Gasteiger partial charge >= 0.3 is 5.97 Å². The Bertz CT molecular complexity index is 1310. The van der Waals surface area contributed by atoms with Crippen LogP contribution in [0.15, 0.2) is 53.4 Å². The number of thioether (sulfide) groups is 1. The first-order valence-electron chi connectivity index (χ1n) is 14.0. The molecule has 0 unspecified atom stereocenters. The number of amides is 1. The summed E-state index contributed by atoms with van der Waals surface area (Å²) in [4.78, 5) is 29.6. The fraction of sp³-hybridized carbons (Fsp3) is 0.533. The Morgan fingerprint density at radius 3 is 2.29 bits per heavy atom. The van der Waals surface area contributed by atoms with Crippen LogP contribution in [-0.4, -0.2) is 85.1 Å². The van der Waals surface area contributed by atoms with Gasteiger partial charge in [-0.05, 0) is 77.4 Å². The Labute approximate surface area is 248 Å². The number of ether oxygens (including phenoxy) is 2. The quantitative estimate of drug-likeness (QED) is 0.408. The van der Waals surface area contributed by atoms with Crippen LogP contribution < -0.4 is 10.1 Å². The molecule has 0 spiro atoms. The Kier molecular flexibility index (Phi) is 10.0. The van der Waals surface area contributed by atoms with Gasteiger partial charge in [0.05, 0.1) is 11.5 Å². The van der Waals surface area contributed by atoms with Crippen molar-refractivity contribution in [3.8, 4) is 5.75 Å². The highest BCUT2D eigenvalue weighted by atomic mass is 32.2. The van der Waals surface area contributed by atoms with Gasteiger partial charge in [-0.2, -0.15) is 0 Å². The van der Waals surface area contributed by atoms with E-state index in [1.165, 1.54) is 23.9 Å². The highest BCUT2D eigenvalue weighted by Crippen LogP contribution is 2.31. The Balaban J connectivity index is 1.65. The molecule has 1 N–H and O–H groups in total. The zero-order chi connectivity index (χ0) is 29.8. The number of nitrogens with zero attached hydrogens (tertiary/aromatic N) is 2. The molecule has 0 saturated carbocycles. The first-order valence-corrected chi connectivity index (χ1v) is 16.5. The number of nitrogens with one attached hydrogen (secondary N) is 1. The maximum Gasteiger partial charge on any atom is 0.330 e. The van der Waals surface area contributed by atoms with Crippen molar-refractivity contribution in [1.29, 1.82) is 0 Å². The average Bonchev–Trinajstić information content (AvgIpc) is 3.30. The molecule has 2 atom stereocenters. The summed E-state index contributed by atoms with van der Waals surface area (Å²) in [6, 6.07) is 12.1. The van der Waals surface area contributed by atoms with Gasteiger partial charge < -0.3 is 14.4 Å². The molecular formula is C30H41N3O6S2. The second-order valence-electron chi connectivity index (χ2n) is 11.4. The fourth-order valence-electron chi connectivity index (χ4n) is 4.96. The number of piperidine rings is 1. The second kappa shape index (κ2) is 13.1. The summed E-state index contributed by atoms with van der Waals surface area (Å²) in [5, 5.41) is 2.39. The third-order valence-electron chi connectivity index (χ3n) is 7.31. The summed E-state index contributed by atoms with van der Waals surface area (Å²) >= 11 is 1.33. The van der Waals surface area contributed by atoms with Crippen LogP contribution in [-0.2, 0) is 30.8 Å². The first kappa shape index (κ1) is 31.3. The van der Waals surface area contributed by atoms with Crippen LogP contribution in [0.3, 0.4) is 0 Å². The molecule has 2 aliphatic heterocycles. The van der Waals surface area contributed by atoms with Crippen LogP contribution in [0, 0.1) is 6.92 Å². The Morgan fingerprint density at radius 1 is 1.10 bits per heavy atom. The molecule has 0 aliphatic carbocycles. The number of benzene rings is 2. The molecule has 2 aromatic rings. The van der Waals surface area contributed by atoms with Crippen molar-refractivity contribution in [3.05, 3.63) is 59.7 Å². The number of esters is 1. The summed E-state index contributed by atoms with van der Waals surface area (Å²) in [7, 11) is -2.31. The molecule has 41 heavy (non-hydrogen) atoms. The van der Waals surface area contributed by atoms with Gasteiger partial charge in [-0.25, -0.2) is 17.5 Å². The standard InChI is InChI=1S/C30H41N3O6S2/c1-6-38-29(35)26(19-22-9-11-23(12-10-22)39-24-15-17-32(5)18-16-24)33(28(34)27-31-30(3,4)20-40-27)41(36,37)25-13-7-21(2)8-14-25/h7-14,24,26-27,31H,6,15-20H2,1-5H3/t26-,27-/m0/s1. The van der Waals surface area contributed by atoms with Gasteiger partial charge in [0.2, 0.25) is 0 Å². The number of hydrogen-bond acceptors (Lipinski definition) is 9. The molecule has 224 valence electrons. The van der Waals surface area contributed by atoms with E-state index in [0.717, 1.165) is 35.8 Å². The van der Waals surface area contributed by atoms with E-state index in [1.807, 2.05) is 45.0 Å². The molecular weight excluding hydrogens is 562 g/mol. The lowest BCUT2D eigenvalue weighted by Gasteiger charge is -2.32. The van der Waals surface area contributed by atoms with Crippen molar-refractivity contribution < 1.29 is 27.5 Å². The zero-order valence-electron chi connectivity index (χ0n) is 24.5. The van der Waals surface area contributed by atoms with Crippen LogP contribution >= 0.6 is 11.8 Å². The third kappa shape index (κ3) is 7.82. The molecule has 2 aliphatic rings. The number of hydrogen-bond donors (Lipinski definition) is 1. The molecule has 2 heterocycles. The summed E-state index contributed by atoms with van der Waals surface area (Å²) in [5.41, 5.74) is 1.19. The molecule has 0 aromatic heterocycles. The van der Waals surface area contributed by atoms with Crippen LogP contribution in [0.2, 0.25) is 0 Å². The predicted octanol–water partition coefficient (Wildman–Crippen LogP) is 3.60. The van der Waals surface area contributed by atoms with Crippen LogP contribution in [0.25, 0.3) is 0 Å². The van der Waals surface area contributed by atoms with E-state index in [9.17, 15) is 18.0 Å². The lowest BCUT2D eigenvalue weighted by molar-refractivity contribution is -0.151. The largest absolute Gasteiger partial charge is 0.490 e. The van der Waals surface area contributed by atoms with E-state index in [4.69, 9.17) is 9.47 Å². The molecule has 1 amide bonds. The summed E-state index contributed by atoms with van der Waals surface area (Å²) in [5.74, 6) is -0.137. The van der Waals surface area contributed by atoms with E-state index in [2.05, 4.69) is 17.3 Å². The minimum Gasteiger partial charge on any atom is -0.490 e. The van der Waals surface area contributed by atoms with Gasteiger partial charge in [-0.3, -0.25) is 10.1 Å². The fourth-order valence-corrected chi connectivity index (χ4v) is 7.90. The van der Waals surface area contributed by atoms with Gasteiger partial charge in [0.15, 0.2) is 0 Å². The van der Waals surface area contributed by atoms with E-state index in [-0.39, 0.29) is 29.6 Å². The zero-order valence-corrected chi connectivity index (χ0v) is 26.1. The minimum absolute atomic E-state index is 0.0368. The topological polar surface area (TPSA) is 105 Å². The smallest absolute Gasteiger partial charge is 0.330 e.